The number of benzene rings is 2. The van der Waals surface area contributed by atoms with Crippen molar-refractivity contribution in [3.05, 3.63) is 77.1 Å². The first-order chi connectivity index (χ1) is 14.2. The summed E-state index contributed by atoms with van der Waals surface area (Å²) >= 11 is 0. The van der Waals surface area contributed by atoms with Crippen LogP contribution in [0.15, 0.2) is 54.6 Å². The lowest BCUT2D eigenvalue weighted by Crippen LogP contribution is -2.34. The SMILES string of the molecule is CCn1nc(C)cc1C(=O)N(CCc1ccccc1)Cc1cccc2c1OCO2. The fourth-order valence-electron chi connectivity index (χ4n) is 3.60. The average molecular weight is 391 g/mol. The second-order valence-electron chi connectivity index (χ2n) is 7.10. The Morgan fingerprint density at radius 2 is 1.97 bits per heavy atom. The van der Waals surface area contributed by atoms with Gasteiger partial charge in [-0.3, -0.25) is 9.48 Å². The third-order valence-electron chi connectivity index (χ3n) is 5.06. The molecule has 1 aromatic heterocycles. The van der Waals surface area contributed by atoms with Gasteiger partial charge in [-0.25, -0.2) is 0 Å². The number of ether oxygens (including phenoxy) is 2. The monoisotopic (exact) mass is 391 g/mol. The fraction of sp³-hybridized carbons (Fsp3) is 0.304. The molecule has 0 N–H and O–H groups in total. The van der Waals surface area contributed by atoms with Crippen LogP contribution in [-0.2, 0) is 19.5 Å². The molecule has 2 heterocycles. The molecule has 3 aromatic rings. The van der Waals surface area contributed by atoms with Crippen molar-refractivity contribution < 1.29 is 14.3 Å². The summed E-state index contributed by atoms with van der Waals surface area (Å²) in [5, 5.41) is 4.44. The third-order valence-corrected chi connectivity index (χ3v) is 5.06. The molecular weight excluding hydrogens is 366 g/mol. The number of hydrogen-bond donors (Lipinski definition) is 0. The van der Waals surface area contributed by atoms with E-state index < -0.39 is 0 Å². The molecule has 0 atom stereocenters. The number of carbonyl (C=O) groups is 1. The number of aromatic nitrogens is 2. The standard InChI is InChI=1S/C23H25N3O3/c1-3-26-20(14-17(2)24-26)23(27)25(13-12-18-8-5-4-6-9-18)15-19-10-7-11-21-22(19)29-16-28-21/h4-11,14H,3,12-13,15-16H2,1-2H3. The van der Waals surface area contributed by atoms with Crippen LogP contribution in [0.25, 0.3) is 0 Å². The lowest BCUT2D eigenvalue weighted by atomic mass is 10.1. The van der Waals surface area contributed by atoms with E-state index in [4.69, 9.17) is 9.47 Å². The van der Waals surface area contributed by atoms with Gasteiger partial charge in [0.2, 0.25) is 6.79 Å². The molecule has 0 bridgehead atoms. The normalized spacial score (nSPS) is 12.2. The van der Waals surface area contributed by atoms with Crippen molar-refractivity contribution in [2.24, 2.45) is 0 Å². The van der Waals surface area contributed by atoms with Gasteiger partial charge < -0.3 is 14.4 Å². The Morgan fingerprint density at radius 1 is 1.14 bits per heavy atom. The second kappa shape index (κ2) is 8.39. The van der Waals surface area contributed by atoms with E-state index in [0.717, 1.165) is 29.2 Å². The van der Waals surface area contributed by atoms with E-state index in [1.54, 1.807) is 4.68 Å². The smallest absolute Gasteiger partial charge is 0.272 e. The van der Waals surface area contributed by atoms with Crippen molar-refractivity contribution in [2.45, 2.75) is 33.4 Å². The number of para-hydroxylation sites is 1. The number of aryl methyl sites for hydroxylation is 2. The highest BCUT2D eigenvalue weighted by atomic mass is 16.7. The minimum Gasteiger partial charge on any atom is -0.454 e. The molecule has 0 spiro atoms. The molecule has 1 aliphatic heterocycles. The van der Waals surface area contributed by atoms with Crippen LogP contribution in [0.1, 0.15) is 34.2 Å². The van der Waals surface area contributed by atoms with Crippen LogP contribution in [0, 0.1) is 6.92 Å². The molecule has 0 fully saturated rings. The predicted octanol–water partition coefficient (Wildman–Crippen LogP) is 3.83. The Kier molecular flexibility index (Phi) is 5.51. The highest BCUT2D eigenvalue weighted by Crippen LogP contribution is 2.36. The van der Waals surface area contributed by atoms with Gasteiger partial charge in [-0.1, -0.05) is 42.5 Å². The van der Waals surface area contributed by atoms with E-state index in [2.05, 4.69) is 17.2 Å². The summed E-state index contributed by atoms with van der Waals surface area (Å²) in [6, 6.07) is 17.9. The number of hydrogen-bond acceptors (Lipinski definition) is 4. The Bertz CT molecular complexity index is 998. The number of nitrogens with zero attached hydrogens (tertiary/aromatic N) is 3. The molecule has 6 nitrogen and oxygen atoms in total. The van der Waals surface area contributed by atoms with Gasteiger partial charge in [0.15, 0.2) is 11.5 Å². The van der Waals surface area contributed by atoms with Crippen LogP contribution in [0.5, 0.6) is 11.5 Å². The molecule has 1 amide bonds. The predicted molar refractivity (Wildman–Crippen MR) is 110 cm³/mol. The van der Waals surface area contributed by atoms with Gasteiger partial charge in [-0.15, -0.1) is 0 Å². The van der Waals surface area contributed by atoms with Gasteiger partial charge in [0, 0.05) is 25.2 Å². The molecule has 0 unspecified atom stereocenters. The van der Waals surface area contributed by atoms with Crippen LogP contribution in [0.2, 0.25) is 0 Å². The Hall–Kier alpha value is -3.28. The van der Waals surface area contributed by atoms with Crippen LogP contribution >= 0.6 is 0 Å². The summed E-state index contributed by atoms with van der Waals surface area (Å²) in [4.78, 5) is 15.3. The van der Waals surface area contributed by atoms with Crippen LogP contribution in [0.3, 0.4) is 0 Å². The molecule has 2 aromatic carbocycles. The summed E-state index contributed by atoms with van der Waals surface area (Å²) in [6.07, 6.45) is 0.776. The average Bonchev–Trinajstić information content (AvgIpc) is 3.38. The summed E-state index contributed by atoms with van der Waals surface area (Å²) in [7, 11) is 0. The molecule has 29 heavy (non-hydrogen) atoms. The first kappa shape index (κ1) is 19.1. The molecule has 4 rings (SSSR count). The minimum absolute atomic E-state index is 0.0279. The highest BCUT2D eigenvalue weighted by Gasteiger charge is 2.24. The quantitative estimate of drug-likeness (QED) is 0.614. The zero-order chi connectivity index (χ0) is 20.2. The van der Waals surface area contributed by atoms with Gasteiger partial charge in [0.25, 0.3) is 5.91 Å². The summed E-state index contributed by atoms with van der Waals surface area (Å²) in [5.74, 6) is 1.43. The molecule has 0 saturated heterocycles. The number of fused-ring (bicyclic) bond motifs is 1. The van der Waals surface area contributed by atoms with Crippen molar-refractivity contribution in [2.75, 3.05) is 13.3 Å². The first-order valence-electron chi connectivity index (χ1n) is 9.91. The van der Waals surface area contributed by atoms with Crippen molar-refractivity contribution in [3.8, 4) is 11.5 Å². The highest BCUT2D eigenvalue weighted by molar-refractivity contribution is 5.92. The van der Waals surface area contributed by atoms with Crippen molar-refractivity contribution in [1.82, 2.24) is 14.7 Å². The fourth-order valence-corrected chi connectivity index (χ4v) is 3.60. The van der Waals surface area contributed by atoms with E-state index in [9.17, 15) is 4.79 Å². The lowest BCUT2D eigenvalue weighted by Gasteiger charge is -2.24. The van der Waals surface area contributed by atoms with E-state index in [1.165, 1.54) is 5.56 Å². The first-order valence-corrected chi connectivity index (χ1v) is 9.91. The summed E-state index contributed by atoms with van der Waals surface area (Å²) in [6.45, 7) is 5.82. The van der Waals surface area contributed by atoms with Crippen LogP contribution in [-0.4, -0.2) is 33.9 Å². The summed E-state index contributed by atoms with van der Waals surface area (Å²) < 4.78 is 12.9. The maximum absolute atomic E-state index is 13.5. The van der Waals surface area contributed by atoms with E-state index >= 15 is 0 Å². The second-order valence-corrected chi connectivity index (χ2v) is 7.10. The third kappa shape index (κ3) is 4.11. The van der Waals surface area contributed by atoms with Crippen LogP contribution < -0.4 is 9.47 Å². The van der Waals surface area contributed by atoms with Gasteiger partial charge in [-0.05, 0) is 38.0 Å². The summed E-state index contributed by atoms with van der Waals surface area (Å²) in [5.41, 5.74) is 3.60. The van der Waals surface area contributed by atoms with Gasteiger partial charge in [0.05, 0.1) is 5.69 Å². The van der Waals surface area contributed by atoms with E-state index in [0.29, 0.717) is 25.3 Å². The van der Waals surface area contributed by atoms with Gasteiger partial charge in [-0.2, -0.15) is 5.10 Å². The maximum atomic E-state index is 13.5. The molecule has 0 aliphatic carbocycles. The van der Waals surface area contributed by atoms with Crippen molar-refractivity contribution >= 4 is 5.91 Å². The molecule has 150 valence electrons. The molecule has 6 heteroatoms. The minimum atomic E-state index is -0.0279. The zero-order valence-electron chi connectivity index (χ0n) is 16.8. The number of carbonyl (C=O) groups excluding carboxylic acids is 1. The molecule has 0 saturated carbocycles. The van der Waals surface area contributed by atoms with E-state index in [1.807, 2.05) is 61.2 Å². The van der Waals surface area contributed by atoms with E-state index in [-0.39, 0.29) is 12.7 Å². The molecule has 1 aliphatic rings. The Labute approximate surface area is 170 Å². The zero-order valence-corrected chi connectivity index (χ0v) is 16.8. The maximum Gasteiger partial charge on any atom is 0.272 e. The van der Waals surface area contributed by atoms with Crippen molar-refractivity contribution in [3.63, 3.8) is 0 Å². The van der Waals surface area contributed by atoms with Gasteiger partial charge in [0.1, 0.15) is 5.69 Å². The van der Waals surface area contributed by atoms with Crippen molar-refractivity contribution in [1.29, 1.82) is 0 Å². The Morgan fingerprint density at radius 3 is 2.76 bits per heavy atom. The molecular formula is C23H25N3O3. The number of rotatable bonds is 7. The largest absolute Gasteiger partial charge is 0.454 e. The Balaban J connectivity index is 1.61. The lowest BCUT2D eigenvalue weighted by molar-refractivity contribution is 0.0731. The van der Waals surface area contributed by atoms with Crippen LogP contribution in [0.4, 0.5) is 0 Å². The topological polar surface area (TPSA) is 56.6 Å². The van der Waals surface area contributed by atoms with Gasteiger partial charge >= 0.3 is 0 Å². The molecule has 0 radical (unpaired) electrons. The number of amides is 1.